The van der Waals surface area contributed by atoms with E-state index in [4.69, 9.17) is 15.4 Å². The van der Waals surface area contributed by atoms with Crippen molar-refractivity contribution in [2.75, 3.05) is 0 Å². The number of primary amides is 1. The number of carbonyl (C=O) groups excluding carboxylic acids is 1. The van der Waals surface area contributed by atoms with Crippen molar-refractivity contribution in [3.05, 3.63) is 56.8 Å². The number of benzene rings is 1. The third-order valence-corrected chi connectivity index (χ3v) is 3.37. The van der Waals surface area contributed by atoms with Gasteiger partial charge in [-0.05, 0) is 43.2 Å². The first-order chi connectivity index (χ1) is 10.8. The molecule has 7 nitrogen and oxygen atoms in total. The van der Waals surface area contributed by atoms with Crippen LogP contribution in [-0.4, -0.2) is 10.8 Å². The van der Waals surface area contributed by atoms with Crippen molar-refractivity contribution in [3.63, 3.8) is 0 Å². The maximum atomic E-state index is 11.2. The number of carbonyl (C=O) groups is 1. The van der Waals surface area contributed by atoms with Crippen LogP contribution in [0.5, 0.6) is 0 Å². The Balaban J connectivity index is 2.54. The molecule has 0 unspecified atom stereocenters. The van der Waals surface area contributed by atoms with Crippen LogP contribution < -0.4 is 5.73 Å². The van der Waals surface area contributed by atoms with Crippen LogP contribution >= 0.6 is 0 Å². The van der Waals surface area contributed by atoms with E-state index in [1.54, 1.807) is 25.1 Å². The molecule has 0 spiro atoms. The largest absolute Gasteiger partial charge is 0.456 e. The van der Waals surface area contributed by atoms with Gasteiger partial charge in [-0.15, -0.1) is 0 Å². The van der Waals surface area contributed by atoms with Gasteiger partial charge < -0.3 is 10.2 Å². The van der Waals surface area contributed by atoms with Crippen LogP contribution in [0.15, 0.2) is 34.3 Å². The number of nitrogens with two attached hydrogens (primary N) is 1. The lowest BCUT2D eigenvalue weighted by atomic mass is 10.0. The minimum absolute atomic E-state index is 0.0756. The zero-order valence-corrected chi connectivity index (χ0v) is 12.5. The second-order valence-electron chi connectivity index (χ2n) is 4.95. The fourth-order valence-electron chi connectivity index (χ4n) is 2.03. The molecule has 0 aliphatic heterocycles. The molecule has 1 heterocycles. The van der Waals surface area contributed by atoms with E-state index in [0.717, 1.165) is 11.1 Å². The van der Waals surface area contributed by atoms with Gasteiger partial charge in [0.2, 0.25) is 0 Å². The lowest BCUT2D eigenvalue weighted by Gasteiger charge is -2.04. The molecule has 7 heteroatoms. The Kier molecular flexibility index (Phi) is 4.27. The highest BCUT2D eigenvalue weighted by Gasteiger charge is 2.19. The first-order valence-corrected chi connectivity index (χ1v) is 6.61. The summed E-state index contributed by atoms with van der Waals surface area (Å²) in [5, 5.41) is 20.0. The summed E-state index contributed by atoms with van der Waals surface area (Å²) in [7, 11) is 0. The van der Waals surface area contributed by atoms with Gasteiger partial charge in [-0.1, -0.05) is 0 Å². The van der Waals surface area contributed by atoms with E-state index in [1.165, 1.54) is 18.2 Å². The van der Waals surface area contributed by atoms with Crippen LogP contribution in [0, 0.1) is 35.3 Å². The predicted octanol–water partition coefficient (Wildman–Crippen LogP) is 2.86. The molecule has 0 saturated heterocycles. The number of nitro benzene ring substituents is 1. The van der Waals surface area contributed by atoms with E-state index in [0.29, 0.717) is 5.56 Å². The number of hydrogen-bond acceptors (Lipinski definition) is 5. The zero-order valence-electron chi connectivity index (χ0n) is 12.5. The molecule has 0 aliphatic carbocycles. The molecule has 0 fully saturated rings. The molecular weight excluding hydrogens is 298 g/mol. The van der Waals surface area contributed by atoms with Gasteiger partial charge in [0.05, 0.1) is 10.5 Å². The minimum atomic E-state index is -0.873. The van der Waals surface area contributed by atoms with Crippen LogP contribution in [0.3, 0.4) is 0 Å². The van der Waals surface area contributed by atoms with E-state index < -0.39 is 10.8 Å². The molecule has 2 N–H and O–H groups in total. The normalized spacial score (nSPS) is 11.1. The number of furan rings is 1. The molecule has 0 bridgehead atoms. The molecule has 23 heavy (non-hydrogen) atoms. The molecule has 1 amide bonds. The first-order valence-electron chi connectivity index (χ1n) is 6.61. The summed E-state index contributed by atoms with van der Waals surface area (Å²) >= 11 is 0. The first kappa shape index (κ1) is 16.0. The Morgan fingerprint density at radius 2 is 2.00 bits per heavy atom. The van der Waals surface area contributed by atoms with Crippen molar-refractivity contribution in [1.82, 2.24) is 0 Å². The number of nitriles is 1. The van der Waals surface area contributed by atoms with Crippen molar-refractivity contribution in [3.8, 4) is 17.4 Å². The molecule has 1 aromatic carbocycles. The molecule has 2 aromatic rings. The highest BCUT2D eigenvalue weighted by Crippen LogP contribution is 2.33. The Labute approximate surface area is 131 Å². The zero-order chi connectivity index (χ0) is 17.1. The van der Waals surface area contributed by atoms with Crippen LogP contribution in [0.25, 0.3) is 17.4 Å². The number of hydrogen-bond donors (Lipinski definition) is 1. The van der Waals surface area contributed by atoms with Crippen LogP contribution in [-0.2, 0) is 4.79 Å². The second kappa shape index (κ2) is 6.15. The van der Waals surface area contributed by atoms with E-state index >= 15 is 0 Å². The summed E-state index contributed by atoms with van der Waals surface area (Å²) in [6, 6.07) is 7.86. The highest BCUT2D eigenvalue weighted by atomic mass is 16.6. The molecule has 116 valence electrons. The SMILES string of the molecule is Cc1cc(-c2ccc(/C=C(\C#N)C(N)=O)o2)c([N+](=O)[O-])cc1C. The fraction of sp³-hybridized carbons (Fsp3) is 0.125. The van der Waals surface area contributed by atoms with E-state index in [2.05, 4.69) is 0 Å². The minimum Gasteiger partial charge on any atom is -0.456 e. The predicted molar refractivity (Wildman–Crippen MR) is 83.1 cm³/mol. The summed E-state index contributed by atoms with van der Waals surface area (Å²) in [5.41, 5.74) is 6.72. The topological polar surface area (TPSA) is 123 Å². The number of aryl methyl sites for hydroxylation is 2. The van der Waals surface area contributed by atoms with Gasteiger partial charge >= 0.3 is 0 Å². The number of nitro groups is 1. The van der Waals surface area contributed by atoms with Gasteiger partial charge in [0, 0.05) is 12.1 Å². The average molecular weight is 311 g/mol. The third-order valence-electron chi connectivity index (χ3n) is 3.37. The quantitative estimate of drug-likeness (QED) is 0.402. The third kappa shape index (κ3) is 3.27. The van der Waals surface area contributed by atoms with Crippen LogP contribution in [0.2, 0.25) is 0 Å². The molecule has 0 saturated carbocycles. The van der Waals surface area contributed by atoms with Crippen molar-refractivity contribution >= 4 is 17.7 Å². The Morgan fingerprint density at radius 1 is 1.35 bits per heavy atom. The molecular formula is C16H13N3O4. The standard InChI is InChI=1S/C16H13N3O4/c1-9-5-13(14(19(21)22)6-10(9)2)15-4-3-12(23-15)7-11(8-17)16(18)20/h3-7H,1-2H3,(H2,18,20)/b11-7+. The van der Waals surface area contributed by atoms with Crippen molar-refractivity contribution < 1.29 is 14.1 Å². The molecule has 0 atom stereocenters. The van der Waals surface area contributed by atoms with Crippen LogP contribution in [0.4, 0.5) is 5.69 Å². The van der Waals surface area contributed by atoms with Gasteiger partial charge in [0.25, 0.3) is 11.6 Å². The van der Waals surface area contributed by atoms with Gasteiger partial charge in [0.15, 0.2) is 0 Å². The molecule has 0 aliphatic rings. The number of rotatable bonds is 4. The lowest BCUT2D eigenvalue weighted by Crippen LogP contribution is -2.12. The van der Waals surface area contributed by atoms with Gasteiger partial charge in [-0.3, -0.25) is 14.9 Å². The average Bonchev–Trinajstić information content (AvgIpc) is 2.95. The van der Waals surface area contributed by atoms with Crippen molar-refractivity contribution in [2.24, 2.45) is 5.73 Å². The van der Waals surface area contributed by atoms with Gasteiger partial charge in [-0.25, -0.2) is 0 Å². The maximum Gasteiger partial charge on any atom is 0.280 e. The van der Waals surface area contributed by atoms with E-state index in [9.17, 15) is 14.9 Å². The Morgan fingerprint density at radius 3 is 2.57 bits per heavy atom. The molecule has 0 radical (unpaired) electrons. The highest BCUT2D eigenvalue weighted by molar-refractivity contribution is 6.00. The van der Waals surface area contributed by atoms with E-state index in [-0.39, 0.29) is 22.8 Å². The Hall–Kier alpha value is -3.40. The van der Waals surface area contributed by atoms with E-state index in [1.807, 2.05) is 6.92 Å². The van der Waals surface area contributed by atoms with Crippen LogP contribution in [0.1, 0.15) is 16.9 Å². The monoisotopic (exact) mass is 311 g/mol. The van der Waals surface area contributed by atoms with Crippen molar-refractivity contribution in [2.45, 2.75) is 13.8 Å². The molecule has 2 rings (SSSR count). The van der Waals surface area contributed by atoms with Crippen molar-refractivity contribution in [1.29, 1.82) is 5.26 Å². The molecule has 1 aromatic heterocycles. The lowest BCUT2D eigenvalue weighted by molar-refractivity contribution is -0.384. The summed E-state index contributed by atoms with van der Waals surface area (Å²) in [5.74, 6) is -0.390. The smallest absolute Gasteiger partial charge is 0.280 e. The second-order valence-corrected chi connectivity index (χ2v) is 4.95. The summed E-state index contributed by atoms with van der Waals surface area (Å²) in [4.78, 5) is 21.8. The Bertz CT molecular complexity index is 872. The maximum absolute atomic E-state index is 11.2. The van der Waals surface area contributed by atoms with Gasteiger partial charge in [0.1, 0.15) is 23.2 Å². The fourth-order valence-corrected chi connectivity index (χ4v) is 2.03. The summed E-state index contributed by atoms with van der Waals surface area (Å²) in [6.07, 6.45) is 1.19. The summed E-state index contributed by atoms with van der Waals surface area (Å²) in [6.45, 7) is 3.63. The number of amides is 1. The summed E-state index contributed by atoms with van der Waals surface area (Å²) < 4.78 is 5.50. The number of nitrogens with zero attached hydrogens (tertiary/aromatic N) is 2. The van der Waals surface area contributed by atoms with Gasteiger partial charge in [-0.2, -0.15) is 5.26 Å².